The number of hydrogen-bond donors (Lipinski definition) is 2. The smallest absolute Gasteiger partial charge is 0.208 e. The second-order valence-corrected chi connectivity index (χ2v) is 5.49. The summed E-state index contributed by atoms with van der Waals surface area (Å²) in [5.74, 6) is 2.14. The van der Waals surface area contributed by atoms with Gasteiger partial charge in [-0.25, -0.2) is 4.98 Å². The number of hydrogen-bond acceptors (Lipinski definition) is 5. The minimum atomic E-state index is -0.551. The zero-order valence-electron chi connectivity index (χ0n) is 11.7. The third-order valence-corrected chi connectivity index (χ3v) is 3.71. The van der Waals surface area contributed by atoms with E-state index in [1.54, 1.807) is 0 Å². The van der Waals surface area contributed by atoms with E-state index in [4.69, 9.17) is 4.74 Å². The van der Waals surface area contributed by atoms with Gasteiger partial charge >= 0.3 is 0 Å². The zero-order chi connectivity index (χ0) is 14.4. The number of aliphatic hydroxyl groups is 1. The quantitative estimate of drug-likeness (QED) is 0.766. The van der Waals surface area contributed by atoms with E-state index in [2.05, 4.69) is 15.2 Å². The van der Waals surface area contributed by atoms with Crippen molar-refractivity contribution in [3.8, 4) is 5.75 Å². The fourth-order valence-corrected chi connectivity index (χ4v) is 2.27. The number of aryl methyl sites for hydroxylation is 2. The molecule has 0 fully saturated rings. The Morgan fingerprint density at radius 1 is 1.35 bits per heavy atom. The Balaban J connectivity index is 1.72. The average molecular weight is 293 g/mol. The molecule has 0 saturated heterocycles. The highest BCUT2D eigenvalue weighted by Crippen LogP contribution is 2.15. The molecule has 0 saturated carbocycles. The summed E-state index contributed by atoms with van der Waals surface area (Å²) in [6.07, 6.45) is 0.275. The molecule has 0 aliphatic rings. The molecule has 0 aliphatic carbocycles. The van der Waals surface area contributed by atoms with Crippen molar-refractivity contribution in [2.24, 2.45) is 0 Å². The largest absolute Gasteiger partial charge is 0.491 e. The SMILES string of the molecule is CCc1nc(SCC(O)COc2ccc(C)cc2)n[nH]1. The van der Waals surface area contributed by atoms with Gasteiger partial charge in [-0.3, -0.25) is 5.10 Å². The van der Waals surface area contributed by atoms with Crippen LogP contribution >= 0.6 is 11.8 Å². The van der Waals surface area contributed by atoms with Crippen molar-refractivity contribution in [3.05, 3.63) is 35.7 Å². The Bertz CT molecular complexity index is 527. The molecule has 2 rings (SSSR count). The van der Waals surface area contributed by atoms with Gasteiger partial charge in [-0.15, -0.1) is 5.10 Å². The van der Waals surface area contributed by atoms with Crippen LogP contribution in [0, 0.1) is 6.92 Å². The number of nitrogens with one attached hydrogen (secondary N) is 1. The van der Waals surface area contributed by atoms with Crippen molar-refractivity contribution in [1.29, 1.82) is 0 Å². The van der Waals surface area contributed by atoms with E-state index in [1.165, 1.54) is 17.3 Å². The maximum atomic E-state index is 9.88. The van der Waals surface area contributed by atoms with Crippen LogP contribution in [0.25, 0.3) is 0 Å². The molecule has 6 heteroatoms. The van der Waals surface area contributed by atoms with Gasteiger partial charge in [0.25, 0.3) is 0 Å². The van der Waals surface area contributed by atoms with E-state index < -0.39 is 6.10 Å². The number of rotatable bonds is 7. The minimum absolute atomic E-state index is 0.265. The van der Waals surface area contributed by atoms with Gasteiger partial charge in [0.1, 0.15) is 18.2 Å². The summed E-state index contributed by atoms with van der Waals surface area (Å²) >= 11 is 1.42. The first-order chi connectivity index (χ1) is 9.67. The van der Waals surface area contributed by atoms with Crippen LogP contribution in [-0.4, -0.2) is 38.8 Å². The maximum absolute atomic E-state index is 9.88. The Labute approximate surface area is 122 Å². The molecular weight excluding hydrogens is 274 g/mol. The van der Waals surface area contributed by atoms with Crippen molar-refractivity contribution in [2.75, 3.05) is 12.4 Å². The van der Waals surface area contributed by atoms with Gasteiger partial charge in [0.05, 0.1) is 6.10 Å². The fourth-order valence-electron chi connectivity index (χ4n) is 1.55. The lowest BCUT2D eigenvalue weighted by molar-refractivity contribution is 0.126. The van der Waals surface area contributed by atoms with Crippen LogP contribution in [0.3, 0.4) is 0 Å². The van der Waals surface area contributed by atoms with Gasteiger partial charge in [0.2, 0.25) is 5.16 Å². The summed E-state index contributed by atoms with van der Waals surface area (Å²) in [5, 5.41) is 17.5. The molecule has 0 spiro atoms. The molecule has 5 nitrogen and oxygen atoms in total. The Morgan fingerprint density at radius 2 is 2.10 bits per heavy atom. The molecule has 2 N–H and O–H groups in total. The summed E-state index contributed by atoms with van der Waals surface area (Å²) in [6, 6.07) is 7.77. The highest BCUT2D eigenvalue weighted by atomic mass is 32.2. The van der Waals surface area contributed by atoms with E-state index in [0.717, 1.165) is 18.0 Å². The second-order valence-electron chi connectivity index (χ2n) is 4.51. The van der Waals surface area contributed by atoms with Crippen LogP contribution in [0.4, 0.5) is 0 Å². The summed E-state index contributed by atoms with van der Waals surface area (Å²) < 4.78 is 5.53. The van der Waals surface area contributed by atoms with E-state index in [9.17, 15) is 5.11 Å². The van der Waals surface area contributed by atoms with Crippen molar-refractivity contribution in [3.63, 3.8) is 0 Å². The van der Waals surface area contributed by atoms with Crippen molar-refractivity contribution < 1.29 is 9.84 Å². The average Bonchev–Trinajstić information content (AvgIpc) is 2.92. The molecule has 0 bridgehead atoms. The summed E-state index contributed by atoms with van der Waals surface area (Å²) in [7, 11) is 0. The van der Waals surface area contributed by atoms with Crippen LogP contribution < -0.4 is 4.74 Å². The maximum Gasteiger partial charge on any atom is 0.208 e. The Morgan fingerprint density at radius 3 is 2.75 bits per heavy atom. The van der Waals surface area contributed by atoms with Gasteiger partial charge < -0.3 is 9.84 Å². The summed E-state index contributed by atoms with van der Waals surface area (Å²) in [5.41, 5.74) is 1.18. The van der Waals surface area contributed by atoms with Crippen LogP contribution in [0.2, 0.25) is 0 Å². The normalized spacial score (nSPS) is 12.3. The zero-order valence-corrected chi connectivity index (χ0v) is 12.5. The van der Waals surface area contributed by atoms with E-state index >= 15 is 0 Å². The fraction of sp³-hybridized carbons (Fsp3) is 0.429. The highest BCUT2D eigenvalue weighted by molar-refractivity contribution is 7.99. The lowest BCUT2D eigenvalue weighted by Gasteiger charge is -2.11. The monoisotopic (exact) mass is 293 g/mol. The summed E-state index contributed by atoms with van der Waals surface area (Å²) in [6.45, 7) is 4.30. The molecule has 108 valence electrons. The van der Waals surface area contributed by atoms with Crippen LogP contribution in [0.15, 0.2) is 29.4 Å². The van der Waals surface area contributed by atoms with Crippen molar-refractivity contribution >= 4 is 11.8 Å². The van der Waals surface area contributed by atoms with E-state index in [1.807, 2.05) is 38.1 Å². The first-order valence-electron chi connectivity index (χ1n) is 6.59. The highest BCUT2D eigenvalue weighted by Gasteiger charge is 2.09. The molecule has 2 aromatic rings. The summed E-state index contributed by atoms with van der Waals surface area (Å²) in [4.78, 5) is 4.27. The standard InChI is InChI=1S/C14H19N3O2S/c1-3-13-15-14(17-16-13)20-9-11(18)8-19-12-6-4-10(2)5-7-12/h4-7,11,18H,3,8-9H2,1-2H3,(H,15,16,17). The molecule has 1 atom stereocenters. The predicted molar refractivity (Wildman–Crippen MR) is 79.2 cm³/mol. The van der Waals surface area contributed by atoms with Crippen molar-refractivity contribution in [2.45, 2.75) is 31.5 Å². The predicted octanol–water partition coefficient (Wildman–Crippen LogP) is 2.21. The second kappa shape index (κ2) is 7.31. The number of aromatic nitrogens is 3. The molecule has 1 heterocycles. The lowest BCUT2D eigenvalue weighted by Crippen LogP contribution is -2.20. The topological polar surface area (TPSA) is 71.0 Å². The van der Waals surface area contributed by atoms with Crippen LogP contribution in [-0.2, 0) is 6.42 Å². The van der Waals surface area contributed by atoms with Gasteiger partial charge in [-0.05, 0) is 19.1 Å². The third-order valence-electron chi connectivity index (χ3n) is 2.71. The van der Waals surface area contributed by atoms with Gasteiger partial charge in [-0.2, -0.15) is 0 Å². The molecule has 1 aromatic heterocycles. The minimum Gasteiger partial charge on any atom is -0.491 e. The van der Waals surface area contributed by atoms with Gasteiger partial charge in [-0.1, -0.05) is 36.4 Å². The van der Waals surface area contributed by atoms with Gasteiger partial charge in [0, 0.05) is 12.2 Å². The van der Waals surface area contributed by atoms with Crippen LogP contribution in [0.1, 0.15) is 18.3 Å². The lowest BCUT2D eigenvalue weighted by atomic mass is 10.2. The molecular formula is C14H19N3O2S. The molecule has 0 aliphatic heterocycles. The first-order valence-corrected chi connectivity index (χ1v) is 7.57. The number of ether oxygens (including phenoxy) is 1. The molecule has 0 radical (unpaired) electrons. The Hall–Kier alpha value is -1.53. The number of benzene rings is 1. The molecule has 1 aromatic carbocycles. The van der Waals surface area contributed by atoms with E-state index in [-0.39, 0.29) is 6.61 Å². The van der Waals surface area contributed by atoms with Crippen LogP contribution in [0.5, 0.6) is 5.75 Å². The third kappa shape index (κ3) is 4.54. The molecule has 0 amide bonds. The number of aromatic amines is 1. The van der Waals surface area contributed by atoms with E-state index in [0.29, 0.717) is 10.9 Å². The van der Waals surface area contributed by atoms with Gasteiger partial charge in [0.15, 0.2) is 0 Å². The number of thioether (sulfide) groups is 1. The number of H-pyrrole nitrogens is 1. The number of nitrogens with zero attached hydrogens (tertiary/aromatic N) is 2. The Kier molecular flexibility index (Phi) is 5.43. The first kappa shape index (κ1) is 14.9. The van der Waals surface area contributed by atoms with Crippen molar-refractivity contribution in [1.82, 2.24) is 15.2 Å². The molecule has 1 unspecified atom stereocenters. The molecule has 20 heavy (non-hydrogen) atoms. The number of aliphatic hydroxyl groups excluding tert-OH is 1.